The molecule has 1 aliphatic rings. The number of carbonyl (C=O) groups excluding carboxylic acids is 1. The zero-order valence-electron chi connectivity index (χ0n) is 17.6. The number of rotatable bonds is 12. The van der Waals surface area contributed by atoms with Crippen molar-refractivity contribution in [2.75, 3.05) is 13.2 Å². The second kappa shape index (κ2) is 11.0. The summed E-state index contributed by atoms with van der Waals surface area (Å²) in [5.41, 5.74) is 0. The number of unbranched alkanes of at least 4 members (excludes halogenated alkanes) is 3. The van der Waals surface area contributed by atoms with Crippen LogP contribution in [0.1, 0.15) is 59.3 Å². The summed E-state index contributed by atoms with van der Waals surface area (Å²) < 4.78 is 12.4. The van der Waals surface area contributed by atoms with Gasteiger partial charge in [-0.1, -0.05) is 0 Å². The van der Waals surface area contributed by atoms with Crippen LogP contribution in [0.3, 0.4) is 0 Å². The van der Waals surface area contributed by atoms with Gasteiger partial charge in [0, 0.05) is 0 Å². The average molecular weight is 474 g/mol. The van der Waals surface area contributed by atoms with Gasteiger partial charge >= 0.3 is 162 Å². The molecule has 0 unspecified atom stereocenters. The van der Waals surface area contributed by atoms with Crippen molar-refractivity contribution in [1.29, 1.82) is 0 Å². The van der Waals surface area contributed by atoms with Gasteiger partial charge in [-0.2, -0.15) is 0 Å². The van der Waals surface area contributed by atoms with E-state index in [1.54, 1.807) is 0 Å². The number of amides is 1. The molecule has 0 atom stereocenters. The number of ether oxygens (including phenoxy) is 1. The van der Waals surface area contributed by atoms with Crippen molar-refractivity contribution in [3.05, 3.63) is 9.41 Å². The summed E-state index contributed by atoms with van der Waals surface area (Å²) in [5, 5.41) is 1.40. The first-order valence-corrected chi connectivity index (χ1v) is 21.7. The third-order valence-corrected chi connectivity index (χ3v) is 22.2. The van der Waals surface area contributed by atoms with Crippen LogP contribution in [0, 0.1) is 0 Å². The van der Waals surface area contributed by atoms with Crippen LogP contribution >= 0.6 is 0 Å². The normalized spacial score (nSPS) is 16.5. The number of carbonyl (C=O) groups is 1. The Labute approximate surface area is 161 Å². The summed E-state index contributed by atoms with van der Waals surface area (Å²) in [7, 11) is -1.58. The van der Waals surface area contributed by atoms with E-state index in [1.807, 2.05) is 4.90 Å². The van der Waals surface area contributed by atoms with Gasteiger partial charge in [0.2, 0.25) is 0 Å². The fraction of sp³-hybridized carbons (Fsp3) is 0.850. The zero-order chi connectivity index (χ0) is 18.9. The molecule has 1 saturated heterocycles. The standard InChI is InChI=1S/C8H14NO2Si.3C4H9.Sn/c1-7(12(2,3)4)9-5-6-11-8(9)10;3*1-3-4-2;/h1H,5-6H2,2-4H3;3*1,3-4H2,2H3;. The Bertz CT molecular complexity index is 424. The van der Waals surface area contributed by atoms with E-state index in [1.165, 1.54) is 57.2 Å². The molecule has 1 fully saturated rings. The van der Waals surface area contributed by atoms with Crippen molar-refractivity contribution in [2.45, 2.75) is 92.2 Å². The van der Waals surface area contributed by atoms with Gasteiger partial charge in [0.25, 0.3) is 0 Å². The Morgan fingerprint density at radius 1 is 1.04 bits per heavy atom. The van der Waals surface area contributed by atoms with Crippen LogP contribution in [0.25, 0.3) is 0 Å². The molecular formula is C20H41NO2SiSn. The molecule has 0 aliphatic carbocycles. The van der Waals surface area contributed by atoms with Crippen LogP contribution in [0.5, 0.6) is 0 Å². The first-order chi connectivity index (χ1) is 11.8. The van der Waals surface area contributed by atoms with Crippen molar-refractivity contribution in [3.63, 3.8) is 0 Å². The monoisotopic (exact) mass is 475 g/mol. The topological polar surface area (TPSA) is 29.5 Å². The molecule has 25 heavy (non-hydrogen) atoms. The van der Waals surface area contributed by atoms with Gasteiger partial charge in [0.05, 0.1) is 0 Å². The maximum atomic E-state index is 12.3. The van der Waals surface area contributed by atoms with Crippen molar-refractivity contribution in [1.82, 2.24) is 4.90 Å². The van der Waals surface area contributed by atoms with E-state index in [9.17, 15) is 4.79 Å². The Morgan fingerprint density at radius 2 is 1.52 bits per heavy atom. The van der Waals surface area contributed by atoms with E-state index in [-0.39, 0.29) is 6.09 Å². The molecule has 0 spiro atoms. The summed E-state index contributed by atoms with van der Waals surface area (Å²) in [5.74, 6) is 0. The molecule has 0 aromatic carbocycles. The van der Waals surface area contributed by atoms with Crippen LogP contribution in [0.4, 0.5) is 4.79 Å². The maximum absolute atomic E-state index is 12.3. The molecule has 1 amide bonds. The van der Waals surface area contributed by atoms with E-state index < -0.39 is 26.5 Å². The molecular weight excluding hydrogens is 433 g/mol. The van der Waals surface area contributed by atoms with Crippen molar-refractivity contribution in [2.24, 2.45) is 0 Å². The van der Waals surface area contributed by atoms with E-state index in [4.69, 9.17) is 4.74 Å². The number of hydrogen-bond donors (Lipinski definition) is 0. The van der Waals surface area contributed by atoms with Crippen LogP contribution in [-0.4, -0.2) is 50.6 Å². The van der Waals surface area contributed by atoms with Crippen molar-refractivity contribution >= 4 is 32.5 Å². The fourth-order valence-corrected chi connectivity index (χ4v) is 25.5. The Balaban J connectivity index is 3.27. The van der Waals surface area contributed by atoms with Gasteiger partial charge in [-0.15, -0.1) is 0 Å². The molecule has 0 aromatic rings. The molecule has 1 aliphatic heterocycles. The second-order valence-electron chi connectivity index (χ2n) is 8.72. The molecule has 1 rings (SSSR count). The SMILES string of the molecule is CCC[CH2][Sn](/[CH]=C(/N1CCOC1=O)[Si](C)(C)C)([CH2]CCC)[CH2]CCC. The zero-order valence-corrected chi connectivity index (χ0v) is 21.5. The van der Waals surface area contributed by atoms with Crippen LogP contribution < -0.4 is 0 Å². The van der Waals surface area contributed by atoms with Crippen molar-refractivity contribution < 1.29 is 9.53 Å². The van der Waals surface area contributed by atoms with Gasteiger partial charge in [0.15, 0.2) is 0 Å². The number of nitrogens with zero attached hydrogens (tertiary/aromatic N) is 1. The quantitative estimate of drug-likeness (QED) is 0.299. The summed E-state index contributed by atoms with van der Waals surface area (Å²) in [4.78, 5) is 14.3. The van der Waals surface area contributed by atoms with Gasteiger partial charge < -0.3 is 0 Å². The first-order valence-electron chi connectivity index (χ1n) is 10.5. The van der Waals surface area contributed by atoms with E-state index in [0.717, 1.165) is 6.54 Å². The van der Waals surface area contributed by atoms with Crippen LogP contribution in [0.2, 0.25) is 33.0 Å². The molecule has 0 bridgehead atoms. The first kappa shape index (κ1) is 23.1. The van der Waals surface area contributed by atoms with Gasteiger partial charge in [-0.05, 0) is 0 Å². The third-order valence-electron chi connectivity index (χ3n) is 5.35. The minimum absolute atomic E-state index is 0.102. The van der Waals surface area contributed by atoms with Crippen LogP contribution in [-0.2, 0) is 4.74 Å². The van der Waals surface area contributed by atoms with E-state index in [0.29, 0.717) is 6.61 Å². The molecule has 1 heterocycles. The predicted octanol–water partition coefficient (Wildman–Crippen LogP) is 6.59. The van der Waals surface area contributed by atoms with E-state index in [2.05, 4.69) is 44.5 Å². The average Bonchev–Trinajstić information content (AvgIpc) is 2.98. The van der Waals surface area contributed by atoms with Gasteiger partial charge in [-0.25, -0.2) is 0 Å². The molecule has 0 saturated carbocycles. The molecule has 146 valence electrons. The van der Waals surface area contributed by atoms with Gasteiger partial charge in [-0.3, -0.25) is 0 Å². The third kappa shape index (κ3) is 7.28. The Morgan fingerprint density at radius 3 is 1.84 bits per heavy atom. The summed E-state index contributed by atoms with van der Waals surface area (Å²) in [6, 6.07) is 0. The summed E-state index contributed by atoms with van der Waals surface area (Å²) in [6.07, 6.45) is 7.86. The minimum atomic E-state index is -2.40. The fourth-order valence-electron chi connectivity index (χ4n) is 3.78. The second-order valence-corrected chi connectivity index (χ2v) is 26.6. The molecule has 3 nitrogen and oxygen atoms in total. The molecule has 0 aromatic heterocycles. The summed E-state index contributed by atoms with van der Waals surface area (Å²) >= 11 is -2.40. The van der Waals surface area contributed by atoms with Crippen LogP contribution in [0.15, 0.2) is 9.41 Å². The predicted molar refractivity (Wildman–Crippen MR) is 114 cm³/mol. The van der Waals surface area contributed by atoms with Crippen molar-refractivity contribution in [3.8, 4) is 0 Å². The molecule has 5 heteroatoms. The van der Waals surface area contributed by atoms with E-state index >= 15 is 0 Å². The molecule has 0 N–H and O–H groups in total. The Kier molecular flexibility index (Phi) is 10.2. The number of cyclic esters (lactones) is 1. The summed E-state index contributed by atoms with van der Waals surface area (Å²) in [6.45, 7) is 15.4. The molecule has 0 radical (unpaired) electrons. The Hall–Kier alpha value is 0.0256. The number of hydrogen-bond acceptors (Lipinski definition) is 2. The van der Waals surface area contributed by atoms with Gasteiger partial charge in [0.1, 0.15) is 0 Å².